The van der Waals surface area contributed by atoms with Gasteiger partial charge in [-0.05, 0) is 31.0 Å². The molecule has 0 aromatic heterocycles. The number of benzene rings is 1. The van der Waals surface area contributed by atoms with E-state index < -0.39 is 16.8 Å². The van der Waals surface area contributed by atoms with Crippen molar-refractivity contribution in [1.82, 2.24) is 0 Å². The van der Waals surface area contributed by atoms with Gasteiger partial charge in [-0.2, -0.15) is 0 Å². The fourth-order valence-corrected chi connectivity index (χ4v) is 2.44. The monoisotopic (exact) mass is 242 g/mol. The molecule has 1 unspecified atom stereocenters. The van der Waals surface area contributed by atoms with Gasteiger partial charge in [0.05, 0.1) is 4.90 Å². The van der Waals surface area contributed by atoms with E-state index in [0.717, 1.165) is 5.56 Å². The lowest BCUT2D eigenvalue weighted by Crippen LogP contribution is -2.27. The van der Waals surface area contributed by atoms with E-state index in [2.05, 4.69) is 0 Å². The SMILES string of the molecule is C[C@@H]1Cc2cc(F)c(S(N)=O)cc2N1C=O. The second kappa shape index (κ2) is 3.95. The summed E-state index contributed by atoms with van der Waals surface area (Å²) in [7, 11) is -1.88. The van der Waals surface area contributed by atoms with Crippen molar-refractivity contribution >= 4 is 23.1 Å². The quantitative estimate of drug-likeness (QED) is 0.776. The standard InChI is InChI=1S/C10H11FN2O2S/c1-6-2-7-3-8(11)10(16(12)15)4-9(7)13(6)5-14/h3-6H,2,12H2,1H3/t6-,16?/m1/s1. The van der Waals surface area contributed by atoms with E-state index in [1.165, 1.54) is 17.0 Å². The van der Waals surface area contributed by atoms with E-state index in [1.54, 1.807) is 0 Å². The van der Waals surface area contributed by atoms with E-state index in [9.17, 15) is 13.4 Å². The first-order chi connectivity index (χ1) is 7.54. The number of amides is 1. The van der Waals surface area contributed by atoms with Crippen LogP contribution in [0.4, 0.5) is 10.1 Å². The minimum absolute atomic E-state index is 0.00615. The zero-order valence-electron chi connectivity index (χ0n) is 8.64. The highest BCUT2D eigenvalue weighted by molar-refractivity contribution is 7.82. The van der Waals surface area contributed by atoms with Crippen molar-refractivity contribution in [1.29, 1.82) is 0 Å². The van der Waals surface area contributed by atoms with Crippen LogP contribution in [-0.4, -0.2) is 16.7 Å². The molecular weight excluding hydrogens is 231 g/mol. The molecule has 0 aliphatic carbocycles. The van der Waals surface area contributed by atoms with E-state index in [1.807, 2.05) is 6.92 Å². The van der Waals surface area contributed by atoms with Gasteiger partial charge in [-0.25, -0.2) is 13.7 Å². The lowest BCUT2D eigenvalue weighted by molar-refractivity contribution is -0.107. The van der Waals surface area contributed by atoms with Gasteiger partial charge in [0.15, 0.2) is 0 Å². The van der Waals surface area contributed by atoms with Crippen molar-refractivity contribution in [3.8, 4) is 0 Å². The summed E-state index contributed by atoms with van der Waals surface area (Å²) in [4.78, 5) is 12.3. The Kier molecular flexibility index (Phi) is 2.77. The fourth-order valence-electron chi connectivity index (χ4n) is 1.96. The van der Waals surface area contributed by atoms with Crippen LogP contribution < -0.4 is 10.0 Å². The third kappa shape index (κ3) is 1.64. The zero-order valence-corrected chi connectivity index (χ0v) is 9.46. The van der Waals surface area contributed by atoms with E-state index in [-0.39, 0.29) is 10.9 Å². The van der Waals surface area contributed by atoms with Gasteiger partial charge < -0.3 is 4.90 Å². The van der Waals surface area contributed by atoms with E-state index in [4.69, 9.17) is 5.14 Å². The van der Waals surface area contributed by atoms with Crippen LogP contribution in [0, 0.1) is 5.82 Å². The van der Waals surface area contributed by atoms with Crippen LogP contribution in [0.2, 0.25) is 0 Å². The molecule has 0 radical (unpaired) electrons. The number of hydrogen-bond donors (Lipinski definition) is 1. The lowest BCUT2D eigenvalue weighted by atomic mass is 10.1. The number of fused-ring (bicyclic) bond motifs is 1. The van der Waals surface area contributed by atoms with Crippen LogP contribution in [0.25, 0.3) is 0 Å². The zero-order chi connectivity index (χ0) is 11.9. The van der Waals surface area contributed by atoms with Crippen LogP contribution >= 0.6 is 0 Å². The van der Waals surface area contributed by atoms with Gasteiger partial charge in [0.2, 0.25) is 6.41 Å². The number of nitrogens with two attached hydrogens (primary N) is 1. The van der Waals surface area contributed by atoms with Crippen LogP contribution in [0.3, 0.4) is 0 Å². The van der Waals surface area contributed by atoms with Gasteiger partial charge in [0.1, 0.15) is 16.8 Å². The van der Waals surface area contributed by atoms with Crippen molar-refractivity contribution in [2.45, 2.75) is 24.3 Å². The smallest absolute Gasteiger partial charge is 0.214 e. The number of carbonyl (C=O) groups excluding carboxylic acids is 1. The van der Waals surface area contributed by atoms with E-state index in [0.29, 0.717) is 18.5 Å². The first kappa shape index (κ1) is 11.2. The number of carbonyl (C=O) groups is 1. The van der Waals surface area contributed by atoms with Crippen molar-refractivity contribution in [2.75, 3.05) is 4.90 Å². The van der Waals surface area contributed by atoms with Crippen LogP contribution in [0.15, 0.2) is 17.0 Å². The largest absolute Gasteiger partial charge is 0.312 e. The van der Waals surface area contributed by atoms with Gasteiger partial charge in [0, 0.05) is 11.7 Å². The number of halogens is 1. The van der Waals surface area contributed by atoms with Gasteiger partial charge >= 0.3 is 0 Å². The molecule has 1 aliphatic rings. The molecule has 1 aromatic rings. The maximum absolute atomic E-state index is 13.5. The lowest BCUT2D eigenvalue weighted by Gasteiger charge is -2.16. The summed E-state index contributed by atoms with van der Waals surface area (Å²) in [5.41, 5.74) is 1.34. The molecule has 1 aromatic carbocycles. The fraction of sp³-hybridized carbons (Fsp3) is 0.300. The number of nitrogens with zero attached hydrogens (tertiary/aromatic N) is 1. The first-order valence-electron chi connectivity index (χ1n) is 4.77. The second-order valence-electron chi connectivity index (χ2n) is 3.77. The van der Waals surface area contributed by atoms with Crippen LogP contribution in [0.5, 0.6) is 0 Å². The average Bonchev–Trinajstić information content (AvgIpc) is 2.50. The molecule has 1 amide bonds. The molecule has 0 saturated carbocycles. The molecule has 0 saturated heterocycles. The minimum Gasteiger partial charge on any atom is -0.312 e. The number of hydrogen-bond acceptors (Lipinski definition) is 2. The summed E-state index contributed by atoms with van der Waals surface area (Å²) in [5.74, 6) is -0.584. The summed E-state index contributed by atoms with van der Waals surface area (Å²) in [6, 6.07) is 2.68. The molecule has 0 bridgehead atoms. The van der Waals surface area contributed by atoms with Crippen molar-refractivity contribution < 1.29 is 13.4 Å². The number of anilines is 1. The third-order valence-electron chi connectivity index (χ3n) is 2.73. The second-order valence-corrected chi connectivity index (χ2v) is 4.81. The molecule has 1 heterocycles. The molecule has 0 spiro atoms. The summed E-state index contributed by atoms with van der Waals surface area (Å²) in [6.07, 6.45) is 1.29. The Hall–Kier alpha value is -1.27. The molecule has 4 nitrogen and oxygen atoms in total. The van der Waals surface area contributed by atoms with Gasteiger partial charge in [-0.3, -0.25) is 4.79 Å². The molecule has 6 heteroatoms. The molecule has 86 valence electrons. The first-order valence-corrected chi connectivity index (χ1v) is 5.98. The molecule has 2 atom stereocenters. The maximum atomic E-state index is 13.5. The molecular formula is C10H11FN2O2S. The van der Waals surface area contributed by atoms with E-state index >= 15 is 0 Å². The highest BCUT2D eigenvalue weighted by Crippen LogP contribution is 2.33. The molecule has 0 fully saturated rings. The summed E-state index contributed by atoms with van der Waals surface area (Å²) < 4.78 is 24.6. The molecule has 2 rings (SSSR count). The molecule has 1 aliphatic heterocycles. The van der Waals surface area contributed by atoms with Crippen molar-refractivity contribution in [3.05, 3.63) is 23.5 Å². The Morgan fingerprint density at radius 3 is 2.88 bits per heavy atom. The van der Waals surface area contributed by atoms with Crippen LogP contribution in [-0.2, 0) is 22.2 Å². The highest BCUT2D eigenvalue weighted by atomic mass is 32.2. The summed E-state index contributed by atoms with van der Waals surface area (Å²) in [6.45, 7) is 1.87. The van der Waals surface area contributed by atoms with Gasteiger partial charge in [-0.1, -0.05) is 0 Å². The predicted molar refractivity (Wildman–Crippen MR) is 58.7 cm³/mol. The summed E-state index contributed by atoms with van der Waals surface area (Å²) >= 11 is 0. The van der Waals surface area contributed by atoms with Gasteiger partial charge in [0.25, 0.3) is 0 Å². The maximum Gasteiger partial charge on any atom is 0.214 e. The molecule has 16 heavy (non-hydrogen) atoms. The topological polar surface area (TPSA) is 63.4 Å². The Balaban J connectivity index is 2.57. The molecule has 2 N–H and O–H groups in total. The Labute approximate surface area is 94.8 Å². The normalized spacial score (nSPS) is 20.7. The van der Waals surface area contributed by atoms with Crippen LogP contribution in [0.1, 0.15) is 12.5 Å². The Bertz CT molecular complexity index is 478. The van der Waals surface area contributed by atoms with Crippen molar-refractivity contribution in [3.63, 3.8) is 0 Å². The predicted octanol–water partition coefficient (Wildman–Crippen LogP) is 0.714. The van der Waals surface area contributed by atoms with Crippen molar-refractivity contribution in [2.24, 2.45) is 5.14 Å². The van der Waals surface area contributed by atoms with Gasteiger partial charge in [-0.15, -0.1) is 0 Å². The number of rotatable bonds is 2. The third-order valence-corrected chi connectivity index (χ3v) is 3.48. The minimum atomic E-state index is -1.88. The Morgan fingerprint density at radius 1 is 1.62 bits per heavy atom. The average molecular weight is 242 g/mol. The Morgan fingerprint density at radius 2 is 2.31 bits per heavy atom. The highest BCUT2D eigenvalue weighted by Gasteiger charge is 2.27. The summed E-state index contributed by atoms with van der Waals surface area (Å²) in [5, 5.41) is 5.16.